The minimum absolute atomic E-state index is 0.217. The fourth-order valence-electron chi connectivity index (χ4n) is 2.40. The molecule has 0 fully saturated rings. The van der Waals surface area contributed by atoms with Crippen LogP contribution in [0.2, 0.25) is 0 Å². The van der Waals surface area contributed by atoms with Gasteiger partial charge < -0.3 is 10.0 Å². The third-order valence-electron chi connectivity index (χ3n) is 4.04. The molecular formula is C15H19NO3. The molecule has 19 heavy (non-hydrogen) atoms. The quantitative estimate of drug-likeness (QED) is 0.906. The second-order valence-electron chi connectivity index (χ2n) is 5.53. The van der Waals surface area contributed by atoms with Gasteiger partial charge >= 0.3 is 5.97 Å². The summed E-state index contributed by atoms with van der Waals surface area (Å²) in [6.07, 6.45) is 2.97. The molecule has 0 saturated heterocycles. The van der Waals surface area contributed by atoms with Gasteiger partial charge in [-0.1, -0.05) is 12.1 Å². The number of nitrogens with zero attached hydrogens (tertiary/aromatic N) is 1. The monoisotopic (exact) mass is 261 g/mol. The number of carbonyl (C=O) groups is 2. The van der Waals surface area contributed by atoms with E-state index in [1.165, 1.54) is 24.3 Å². The number of hydrogen-bond acceptors (Lipinski definition) is 2. The zero-order chi connectivity index (χ0) is 14.2. The summed E-state index contributed by atoms with van der Waals surface area (Å²) >= 11 is 0. The van der Waals surface area contributed by atoms with E-state index in [0.29, 0.717) is 5.56 Å². The minimum Gasteiger partial charge on any atom is -0.480 e. The molecule has 1 N–H and O–H groups in total. The van der Waals surface area contributed by atoms with Crippen LogP contribution < -0.4 is 0 Å². The first-order valence-corrected chi connectivity index (χ1v) is 6.48. The summed E-state index contributed by atoms with van der Waals surface area (Å²) in [5.74, 6) is -1.22. The van der Waals surface area contributed by atoms with Crippen LogP contribution in [0.5, 0.6) is 0 Å². The van der Waals surface area contributed by atoms with Gasteiger partial charge in [0.2, 0.25) is 0 Å². The molecule has 4 nitrogen and oxygen atoms in total. The maximum atomic E-state index is 12.5. The summed E-state index contributed by atoms with van der Waals surface area (Å²) in [7, 11) is 1.55. The standard InChI is InChI=1S/C15H19NO3/c1-15(2,14(18)19)16(3)13(17)12-9-5-7-10-6-4-8-11(10)12/h5,7,9H,4,6,8H2,1-3H3,(H,18,19). The molecule has 102 valence electrons. The number of hydrogen-bond donors (Lipinski definition) is 1. The Labute approximate surface area is 113 Å². The highest BCUT2D eigenvalue weighted by Crippen LogP contribution is 2.27. The molecule has 0 unspecified atom stereocenters. The van der Waals surface area contributed by atoms with Gasteiger partial charge in [-0.2, -0.15) is 0 Å². The first-order chi connectivity index (χ1) is 8.85. The van der Waals surface area contributed by atoms with Gasteiger partial charge in [-0.25, -0.2) is 4.79 Å². The maximum absolute atomic E-state index is 12.5. The Morgan fingerprint density at radius 1 is 1.26 bits per heavy atom. The van der Waals surface area contributed by atoms with E-state index >= 15 is 0 Å². The van der Waals surface area contributed by atoms with Crippen LogP contribution in [0.1, 0.15) is 41.8 Å². The molecule has 1 amide bonds. The Hall–Kier alpha value is -1.84. The summed E-state index contributed by atoms with van der Waals surface area (Å²) in [5.41, 5.74) is 1.73. The van der Waals surface area contributed by atoms with E-state index in [2.05, 4.69) is 0 Å². The highest BCUT2D eigenvalue weighted by atomic mass is 16.4. The van der Waals surface area contributed by atoms with Crippen molar-refractivity contribution < 1.29 is 14.7 Å². The Balaban J connectivity index is 2.36. The highest BCUT2D eigenvalue weighted by molar-refractivity contribution is 5.99. The SMILES string of the molecule is CN(C(=O)c1cccc2c1CCC2)C(C)(C)C(=O)O. The van der Waals surface area contributed by atoms with Gasteiger partial charge in [-0.15, -0.1) is 0 Å². The Morgan fingerprint density at radius 3 is 2.58 bits per heavy atom. The molecule has 4 heteroatoms. The fourth-order valence-corrected chi connectivity index (χ4v) is 2.40. The molecule has 0 aromatic heterocycles. The molecule has 0 spiro atoms. The van der Waals surface area contributed by atoms with Gasteiger partial charge in [0, 0.05) is 12.6 Å². The summed E-state index contributed by atoms with van der Waals surface area (Å²) < 4.78 is 0. The number of carboxylic acids is 1. The van der Waals surface area contributed by atoms with Gasteiger partial charge in [-0.3, -0.25) is 4.79 Å². The van der Waals surface area contributed by atoms with Gasteiger partial charge in [0.1, 0.15) is 5.54 Å². The van der Waals surface area contributed by atoms with Crippen LogP contribution in [-0.4, -0.2) is 34.5 Å². The largest absolute Gasteiger partial charge is 0.480 e. The van der Waals surface area contributed by atoms with Crippen molar-refractivity contribution in [1.29, 1.82) is 0 Å². The molecule has 1 aromatic rings. The van der Waals surface area contributed by atoms with Crippen molar-refractivity contribution in [2.24, 2.45) is 0 Å². The van der Waals surface area contributed by atoms with E-state index < -0.39 is 11.5 Å². The van der Waals surface area contributed by atoms with Gasteiger partial charge in [0.15, 0.2) is 0 Å². The Bertz CT molecular complexity index is 534. The Kier molecular flexibility index (Phi) is 3.35. The number of likely N-dealkylation sites (N-methyl/N-ethyl adjacent to an activating group) is 1. The molecule has 0 atom stereocenters. The van der Waals surface area contributed by atoms with Crippen LogP contribution in [-0.2, 0) is 17.6 Å². The maximum Gasteiger partial charge on any atom is 0.329 e. The number of carbonyl (C=O) groups excluding carboxylic acids is 1. The van der Waals surface area contributed by atoms with E-state index in [9.17, 15) is 14.7 Å². The van der Waals surface area contributed by atoms with E-state index in [1.807, 2.05) is 12.1 Å². The lowest BCUT2D eigenvalue weighted by molar-refractivity contribution is -0.147. The van der Waals surface area contributed by atoms with Gasteiger partial charge in [0.25, 0.3) is 5.91 Å². The van der Waals surface area contributed by atoms with Crippen molar-refractivity contribution in [3.63, 3.8) is 0 Å². The summed E-state index contributed by atoms with van der Waals surface area (Å²) in [5, 5.41) is 9.21. The molecule has 0 saturated carbocycles. The number of rotatable bonds is 3. The lowest BCUT2D eigenvalue weighted by Gasteiger charge is -2.32. The third-order valence-corrected chi connectivity index (χ3v) is 4.04. The fraction of sp³-hybridized carbons (Fsp3) is 0.467. The van der Waals surface area contributed by atoms with E-state index in [-0.39, 0.29) is 5.91 Å². The molecule has 0 bridgehead atoms. The first-order valence-electron chi connectivity index (χ1n) is 6.48. The van der Waals surface area contributed by atoms with Gasteiger partial charge in [-0.05, 0) is 50.3 Å². The van der Waals surface area contributed by atoms with Crippen LogP contribution in [0.25, 0.3) is 0 Å². The number of aliphatic carboxylic acids is 1. The van der Waals surface area contributed by atoms with E-state index in [1.54, 1.807) is 13.1 Å². The average Bonchev–Trinajstić information content (AvgIpc) is 2.84. The third kappa shape index (κ3) is 2.23. The number of aryl methyl sites for hydroxylation is 1. The van der Waals surface area contributed by atoms with Crippen molar-refractivity contribution in [1.82, 2.24) is 4.90 Å². The van der Waals surface area contributed by atoms with Crippen molar-refractivity contribution in [2.75, 3.05) is 7.05 Å². The van der Waals surface area contributed by atoms with Crippen LogP contribution in [0, 0.1) is 0 Å². The number of fused-ring (bicyclic) bond motifs is 1. The molecule has 0 radical (unpaired) electrons. The van der Waals surface area contributed by atoms with Crippen molar-refractivity contribution >= 4 is 11.9 Å². The second-order valence-corrected chi connectivity index (χ2v) is 5.53. The second kappa shape index (κ2) is 4.68. The van der Waals surface area contributed by atoms with Crippen LogP contribution in [0.15, 0.2) is 18.2 Å². The smallest absolute Gasteiger partial charge is 0.329 e. The number of benzene rings is 1. The van der Waals surface area contributed by atoms with Crippen molar-refractivity contribution in [3.05, 3.63) is 34.9 Å². The molecule has 1 aromatic carbocycles. The van der Waals surface area contributed by atoms with Gasteiger partial charge in [0.05, 0.1) is 0 Å². The van der Waals surface area contributed by atoms with E-state index in [0.717, 1.165) is 24.8 Å². The Morgan fingerprint density at radius 2 is 1.95 bits per heavy atom. The first kappa shape index (κ1) is 13.6. The zero-order valence-corrected chi connectivity index (χ0v) is 11.6. The molecule has 1 aliphatic rings. The molecule has 1 aliphatic carbocycles. The molecule has 0 aliphatic heterocycles. The predicted octanol–water partition coefficient (Wildman–Crippen LogP) is 2.11. The zero-order valence-electron chi connectivity index (χ0n) is 11.6. The van der Waals surface area contributed by atoms with Crippen LogP contribution in [0.3, 0.4) is 0 Å². The highest BCUT2D eigenvalue weighted by Gasteiger charge is 2.36. The minimum atomic E-state index is -1.21. The lowest BCUT2D eigenvalue weighted by Crippen LogP contribution is -2.50. The molecule has 2 rings (SSSR count). The summed E-state index contributed by atoms with van der Waals surface area (Å²) in [4.78, 5) is 25.1. The average molecular weight is 261 g/mol. The van der Waals surface area contributed by atoms with Crippen LogP contribution >= 0.6 is 0 Å². The number of carboxylic acid groups (broad SMARTS) is 1. The lowest BCUT2D eigenvalue weighted by atomic mass is 9.98. The summed E-state index contributed by atoms with van der Waals surface area (Å²) in [6, 6.07) is 5.71. The predicted molar refractivity (Wildman–Crippen MR) is 72.3 cm³/mol. The van der Waals surface area contributed by atoms with Crippen LogP contribution in [0.4, 0.5) is 0 Å². The number of amides is 1. The molecular weight excluding hydrogens is 242 g/mol. The van der Waals surface area contributed by atoms with Crippen molar-refractivity contribution in [3.8, 4) is 0 Å². The normalized spacial score (nSPS) is 14.1. The van der Waals surface area contributed by atoms with Crippen molar-refractivity contribution in [2.45, 2.75) is 38.6 Å². The molecule has 0 heterocycles. The van der Waals surface area contributed by atoms with E-state index in [4.69, 9.17) is 0 Å². The topological polar surface area (TPSA) is 57.6 Å². The summed E-state index contributed by atoms with van der Waals surface area (Å²) in [6.45, 7) is 3.08.